The van der Waals surface area contributed by atoms with Gasteiger partial charge in [-0.3, -0.25) is 19.6 Å². The highest BCUT2D eigenvalue weighted by Crippen LogP contribution is 2.29. The Kier molecular flexibility index (Phi) is 9.13. The largest absolute Gasteiger partial charge is 0.446 e. The van der Waals surface area contributed by atoms with Gasteiger partial charge in [-0.25, -0.2) is 9.86 Å². The summed E-state index contributed by atoms with van der Waals surface area (Å²) in [5.74, 6) is 0.807. The summed E-state index contributed by atoms with van der Waals surface area (Å²) in [6, 6.07) is -0.211. The van der Waals surface area contributed by atoms with Crippen molar-refractivity contribution in [2.24, 2.45) is 27.4 Å². The van der Waals surface area contributed by atoms with Crippen LogP contribution in [0.25, 0.3) is 0 Å². The lowest BCUT2D eigenvalue weighted by Crippen LogP contribution is -2.38. The molecule has 2 atom stereocenters. The standard InChI is InChI=1S/C26H37N7O4/c1-2-9-33(36-10-8-29-26(35)37-21-4-3-5-21)25(34)19-11-18-7-6-17(12-22(18)32-23(28)13-19)20-15-30-24(14-27)31-16-20/h6-7,11-12,15,18,21-22H,2-5,8-10,13-14,16,27H2,1H3,(H2,28,32)(H,29,35)(H,30,31). The molecular weight excluding hydrogens is 474 g/mol. The van der Waals surface area contributed by atoms with Crippen molar-refractivity contribution in [3.05, 3.63) is 47.2 Å². The van der Waals surface area contributed by atoms with Gasteiger partial charge in [0.25, 0.3) is 5.91 Å². The fourth-order valence-electron chi connectivity index (χ4n) is 4.36. The zero-order valence-electron chi connectivity index (χ0n) is 21.3. The van der Waals surface area contributed by atoms with Crippen LogP contribution in [0, 0.1) is 5.92 Å². The Balaban J connectivity index is 1.36. The minimum absolute atomic E-state index is 0.0190. The molecular formula is C26H37N7O4. The Morgan fingerprint density at radius 3 is 2.81 bits per heavy atom. The lowest BCUT2D eigenvalue weighted by atomic mass is 9.88. The second kappa shape index (κ2) is 12.7. The van der Waals surface area contributed by atoms with Crippen LogP contribution in [0.4, 0.5) is 4.79 Å². The average molecular weight is 512 g/mol. The maximum Gasteiger partial charge on any atom is 0.407 e. The van der Waals surface area contributed by atoms with Gasteiger partial charge >= 0.3 is 6.09 Å². The predicted octanol–water partition coefficient (Wildman–Crippen LogP) is 1.45. The second-order valence-electron chi connectivity index (χ2n) is 9.44. The molecule has 0 radical (unpaired) electrons. The number of nitrogens with two attached hydrogens (primary N) is 2. The van der Waals surface area contributed by atoms with Crippen molar-refractivity contribution in [2.75, 3.05) is 32.8 Å². The Morgan fingerprint density at radius 1 is 1.30 bits per heavy atom. The van der Waals surface area contributed by atoms with Crippen molar-refractivity contribution in [1.82, 2.24) is 15.7 Å². The number of allylic oxidation sites excluding steroid dienone is 1. The lowest BCUT2D eigenvalue weighted by Gasteiger charge is -2.25. The summed E-state index contributed by atoms with van der Waals surface area (Å²) < 4.78 is 5.26. The van der Waals surface area contributed by atoms with Crippen LogP contribution in [0.2, 0.25) is 0 Å². The molecule has 2 heterocycles. The number of hydroxylamine groups is 2. The van der Waals surface area contributed by atoms with Gasteiger partial charge in [-0.2, -0.15) is 0 Å². The monoisotopic (exact) mass is 511 g/mol. The molecule has 1 fully saturated rings. The first-order valence-electron chi connectivity index (χ1n) is 13.0. The molecule has 0 aromatic heterocycles. The molecule has 4 rings (SSSR count). The smallest absolute Gasteiger partial charge is 0.407 e. The van der Waals surface area contributed by atoms with E-state index in [1.807, 2.05) is 31.4 Å². The molecule has 2 amide bonds. The summed E-state index contributed by atoms with van der Waals surface area (Å²) in [5.41, 5.74) is 14.5. The van der Waals surface area contributed by atoms with Gasteiger partial charge in [-0.1, -0.05) is 31.2 Å². The third-order valence-corrected chi connectivity index (χ3v) is 6.61. The maximum absolute atomic E-state index is 13.4. The van der Waals surface area contributed by atoms with Crippen molar-refractivity contribution in [2.45, 2.75) is 51.2 Å². The van der Waals surface area contributed by atoms with Gasteiger partial charge in [0.15, 0.2) is 0 Å². The van der Waals surface area contributed by atoms with Gasteiger partial charge in [-0.15, -0.1) is 0 Å². The fraction of sp³-hybridized carbons (Fsp3) is 0.538. The number of hydrogen-bond donors (Lipinski definition) is 4. The van der Waals surface area contributed by atoms with Crippen molar-refractivity contribution in [1.29, 1.82) is 0 Å². The number of rotatable bonds is 10. The number of nitrogens with one attached hydrogen (secondary N) is 2. The molecule has 2 aliphatic carbocycles. The van der Waals surface area contributed by atoms with Gasteiger partial charge in [0.1, 0.15) is 11.9 Å². The molecule has 37 heavy (non-hydrogen) atoms. The number of nitrogens with zero attached hydrogens (tertiary/aromatic N) is 3. The van der Waals surface area contributed by atoms with Crippen LogP contribution in [0.3, 0.4) is 0 Å². The summed E-state index contributed by atoms with van der Waals surface area (Å²) in [5, 5.41) is 7.13. The van der Waals surface area contributed by atoms with E-state index in [4.69, 9.17) is 21.0 Å². The van der Waals surface area contributed by atoms with E-state index >= 15 is 0 Å². The third kappa shape index (κ3) is 7.07. The Bertz CT molecular complexity index is 1060. The van der Waals surface area contributed by atoms with Gasteiger partial charge < -0.3 is 26.8 Å². The van der Waals surface area contributed by atoms with Crippen molar-refractivity contribution < 1.29 is 19.2 Å². The highest BCUT2D eigenvalue weighted by atomic mass is 16.7. The number of hydrogen-bond acceptors (Lipinski definition) is 9. The first-order valence-corrected chi connectivity index (χ1v) is 13.0. The van der Waals surface area contributed by atoms with E-state index in [0.717, 1.165) is 42.7 Å². The van der Waals surface area contributed by atoms with Crippen LogP contribution < -0.4 is 22.1 Å². The number of amidine groups is 2. The van der Waals surface area contributed by atoms with Crippen LogP contribution in [0.5, 0.6) is 0 Å². The number of fused-ring (bicyclic) bond motifs is 1. The number of carbonyl (C=O) groups excluding carboxylic acids is 2. The topological polar surface area (TPSA) is 157 Å². The number of alkyl carbamates (subject to hydrolysis) is 1. The van der Waals surface area contributed by atoms with E-state index in [1.54, 1.807) is 0 Å². The average Bonchev–Trinajstić information content (AvgIpc) is 3.05. The zero-order chi connectivity index (χ0) is 26.2. The number of carbonyl (C=O) groups is 2. The molecule has 200 valence electrons. The van der Waals surface area contributed by atoms with Crippen LogP contribution in [0.1, 0.15) is 39.0 Å². The molecule has 0 aromatic rings. The van der Waals surface area contributed by atoms with Gasteiger partial charge in [0.2, 0.25) is 0 Å². The summed E-state index contributed by atoms with van der Waals surface area (Å²) in [4.78, 5) is 40.1. The Morgan fingerprint density at radius 2 is 2.14 bits per heavy atom. The molecule has 0 bridgehead atoms. The number of ether oxygens (including phenoxy) is 1. The highest BCUT2D eigenvalue weighted by Gasteiger charge is 2.28. The maximum atomic E-state index is 13.4. The number of aliphatic imine (C=N–C) groups is 2. The van der Waals surface area contributed by atoms with E-state index in [1.165, 1.54) is 5.06 Å². The lowest BCUT2D eigenvalue weighted by molar-refractivity contribution is -0.181. The molecule has 2 aliphatic heterocycles. The minimum atomic E-state index is -0.453. The summed E-state index contributed by atoms with van der Waals surface area (Å²) in [7, 11) is 0. The Labute approximate surface area is 217 Å². The predicted molar refractivity (Wildman–Crippen MR) is 141 cm³/mol. The SMILES string of the molecule is CCCN(OCCNC(=O)OC1CCC1)C(=O)C1=CC2C=CC(C3=CNC(CN)=NC3)=CC2N=C(N)C1. The van der Waals surface area contributed by atoms with Gasteiger partial charge in [-0.05, 0) is 36.8 Å². The van der Waals surface area contributed by atoms with Crippen LogP contribution in [-0.2, 0) is 14.4 Å². The van der Waals surface area contributed by atoms with E-state index in [-0.39, 0.29) is 43.5 Å². The quantitative estimate of drug-likeness (QED) is 0.255. The summed E-state index contributed by atoms with van der Waals surface area (Å²) >= 11 is 0. The van der Waals surface area contributed by atoms with Gasteiger partial charge in [0, 0.05) is 37.2 Å². The van der Waals surface area contributed by atoms with Crippen LogP contribution >= 0.6 is 0 Å². The van der Waals surface area contributed by atoms with Crippen LogP contribution in [0.15, 0.2) is 57.2 Å². The highest BCUT2D eigenvalue weighted by molar-refractivity contribution is 5.99. The minimum Gasteiger partial charge on any atom is -0.446 e. The molecule has 11 heteroatoms. The normalized spacial score (nSPS) is 23.0. The Hall–Kier alpha value is -3.44. The van der Waals surface area contributed by atoms with Crippen molar-refractivity contribution in [3.63, 3.8) is 0 Å². The molecule has 1 saturated carbocycles. The molecule has 4 aliphatic rings. The van der Waals surface area contributed by atoms with Gasteiger partial charge in [0.05, 0.1) is 31.6 Å². The van der Waals surface area contributed by atoms with Crippen molar-refractivity contribution in [3.8, 4) is 0 Å². The van der Waals surface area contributed by atoms with E-state index in [0.29, 0.717) is 31.0 Å². The van der Waals surface area contributed by atoms with E-state index in [9.17, 15) is 9.59 Å². The fourth-order valence-corrected chi connectivity index (χ4v) is 4.36. The zero-order valence-corrected chi connectivity index (χ0v) is 21.3. The molecule has 0 aromatic carbocycles. The van der Waals surface area contributed by atoms with Crippen molar-refractivity contribution >= 4 is 23.7 Å². The third-order valence-electron chi connectivity index (χ3n) is 6.61. The number of amides is 2. The summed E-state index contributed by atoms with van der Waals surface area (Å²) in [6.07, 6.45) is 13.4. The molecule has 11 nitrogen and oxygen atoms in total. The van der Waals surface area contributed by atoms with Crippen LogP contribution in [-0.4, -0.2) is 73.7 Å². The van der Waals surface area contributed by atoms with E-state index in [2.05, 4.69) is 26.7 Å². The molecule has 0 saturated heterocycles. The molecule has 6 N–H and O–H groups in total. The van der Waals surface area contributed by atoms with E-state index < -0.39 is 6.09 Å². The second-order valence-corrected chi connectivity index (χ2v) is 9.44. The first-order chi connectivity index (χ1) is 18.0. The molecule has 2 unspecified atom stereocenters. The summed E-state index contributed by atoms with van der Waals surface area (Å²) in [6.45, 7) is 3.69. The molecule has 0 spiro atoms. The first kappa shape index (κ1) is 26.6.